The van der Waals surface area contributed by atoms with E-state index in [1.165, 1.54) is 6.08 Å². The predicted molar refractivity (Wildman–Crippen MR) is 86.7 cm³/mol. The Kier molecular flexibility index (Phi) is 5.31. The lowest BCUT2D eigenvalue weighted by Gasteiger charge is -2.38. The van der Waals surface area contributed by atoms with Gasteiger partial charge in [0.2, 0.25) is 0 Å². The molecule has 1 aliphatic rings. The minimum absolute atomic E-state index is 0.349. The van der Waals surface area contributed by atoms with Gasteiger partial charge in [0, 0.05) is 18.9 Å². The van der Waals surface area contributed by atoms with Crippen LogP contribution < -0.4 is 9.47 Å². The summed E-state index contributed by atoms with van der Waals surface area (Å²) in [6.07, 6.45) is 3.38. The number of aliphatic hydroxyl groups excluding tert-OH is 1. The van der Waals surface area contributed by atoms with Crippen LogP contribution in [0.4, 0.5) is 0 Å². The number of rotatable bonds is 5. The third-order valence-electron chi connectivity index (χ3n) is 3.87. The van der Waals surface area contributed by atoms with Crippen LogP contribution in [0.2, 0.25) is 0 Å². The molecule has 1 aromatic carbocycles. The van der Waals surface area contributed by atoms with Crippen molar-refractivity contribution in [3.05, 3.63) is 35.4 Å². The zero-order chi connectivity index (χ0) is 17.0. The van der Waals surface area contributed by atoms with E-state index < -0.39 is 11.7 Å². The number of fused-ring (bicyclic) bond motifs is 1. The molecule has 23 heavy (non-hydrogen) atoms. The van der Waals surface area contributed by atoms with Crippen molar-refractivity contribution in [1.29, 1.82) is 0 Å². The Hall–Kier alpha value is -2.01. The number of esters is 1. The highest BCUT2D eigenvalue weighted by atomic mass is 16.5. The molecule has 2 atom stereocenters. The number of aryl methyl sites for hydroxylation is 1. The van der Waals surface area contributed by atoms with Crippen molar-refractivity contribution in [2.24, 2.45) is 0 Å². The number of hydrogen-bond donors (Lipinski definition) is 1. The number of methoxy groups -OCH3 is 1. The monoisotopic (exact) mass is 320 g/mol. The fourth-order valence-electron chi connectivity index (χ4n) is 2.85. The second-order valence-electron chi connectivity index (χ2n) is 6.01. The summed E-state index contributed by atoms with van der Waals surface area (Å²) in [6.45, 7) is 5.98. The molecule has 0 bridgehead atoms. The van der Waals surface area contributed by atoms with Crippen LogP contribution in [0.25, 0.3) is 0 Å². The molecule has 1 N–H and O–H groups in total. The lowest BCUT2D eigenvalue weighted by atomic mass is 9.87. The first-order valence-corrected chi connectivity index (χ1v) is 7.77. The van der Waals surface area contributed by atoms with Crippen LogP contribution in [0.5, 0.6) is 11.5 Å². The van der Waals surface area contributed by atoms with Crippen molar-refractivity contribution in [2.75, 3.05) is 13.7 Å². The van der Waals surface area contributed by atoms with Crippen LogP contribution in [0.15, 0.2) is 24.3 Å². The molecule has 1 heterocycles. The maximum Gasteiger partial charge on any atom is 0.330 e. The Morgan fingerprint density at radius 3 is 2.91 bits per heavy atom. The minimum Gasteiger partial charge on any atom is -0.496 e. The Balaban J connectivity index is 2.19. The van der Waals surface area contributed by atoms with Crippen molar-refractivity contribution in [3.63, 3.8) is 0 Å². The molecule has 2 rings (SSSR count). The molecule has 5 nitrogen and oxygen atoms in total. The summed E-state index contributed by atoms with van der Waals surface area (Å²) in [6, 6.07) is 3.78. The summed E-state index contributed by atoms with van der Waals surface area (Å²) < 4.78 is 16.3. The molecule has 0 fully saturated rings. The van der Waals surface area contributed by atoms with Crippen LogP contribution in [0.1, 0.15) is 43.9 Å². The highest BCUT2D eigenvalue weighted by molar-refractivity contribution is 5.81. The van der Waals surface area contributed by atoms with Crippen LogP contribution in [0.3, 0.4) is 0 Å². The fourth-order valence-corrected chi connectivity index (χ4v) is 2.85. The summed E-state index contributed by atoms with van der Waals surface area (Å²) in [7, 11) is 1.58. The third kappa shape index (κ3) is 4.05. The average molecular weight is 320 g/mol. The van der Waals surface area contributed by atoms with E-state index in [2.05, 4.69) is 0 Å². The number of aliphatic hydroxyl groups is 1. The van der Waals surface area contributed by atoms with Gasteiger partial charge in [-0.3, -0.25) is 0 Å². The molecular formula is C18H24O5. The predicted octanol–water partition coefficient (Wildman–Crippen LogP) is 3.09. The smallest absolute Gasteiger partial charge is 0.330 e. The van der Waals surface area contributed by atoms with E-state index in [0.717, 1.165) is 5.56 Å². The fraction of sp³-hybridized carbons (Fsp3) is 0.500. The Morgan fingerprint density at radius 1 is 1.52 bits per heavy atom. The van der Waals surface area contributed by atoms with Crippen molar-refractivity contribution in [3.8, 4) is 11.5 Å². The first kappa shape index (κ1) is 17.3. The van der Waals surface area contributed by atoms with Gasteiger partial charge in [-0.15, -0.1) is 0 Å². The second-order valence-corrected chi connectivity index (χ2v) is 6.01. The average Bonchev–Trinajstić information content (AvgIpc) is 2.45. The van der Waals surface area contributed by atoms with Gasteiger partial charge in [-0.05, 0) is 38.5 Å². The van der Waals surface area contributed by atoms with Gasteiger partial charge in [0.25, 0.3) is 0 Å². The normalized spacial score (nSPS) is 23.3. The second kappa shape index (κ2) is 7.04. The van der Waals surface area contributed by atoms with Crippen molar-refractivity contribution in [1.82, 2.24) is 0 Å². The largest absolute Gasteiger partial charge is 0.496 e. The maximum atomic E-state index is 11.4. The highest BCUT2D eigenvalue weighted by Gasteiger charge is 2.37. The molecule has 1 aliphatic heterocycles. The molecule has 1 aromatic rings. The molecule has 0 spiro atoms. The van der Waals surface area contributed by atoms with E-state index in [1.54, 1.807) is 20.1 Å². The standard InChI is InChI=1S/C18H24O5/c1-5-22-16(20)7-6-8-18(3)11-13(19)17-14(21-4)9-12(2)10-15(17)23-18/h6-7,9-10,13,19H,5,8,11H2,1-4H3/b7-6+/t13-,18+/m0/s1. The zero-order valence-corrected chi connectivity index (χ0v) is 14.1. The Labute approximate surface area is 136 Å². The zero-order valence-electron chi connectivity index (χ0n) is 14.1. The molecule has 0 aromatic heterocycles. The Morgan fingerprint density at radius 2 is 2.26 bits per heavy atom. The molecule has 0 amide bonds. The molecule has 0 radical (unpaired) electrons. The molecular weight excluding hydrogens is 296 g/mol. The topological polar surface area (TPSA) is 65.0 Å². The first-order valence-electron chi connectivity index (χ1n) is 7.77. The lowest BCUT2D eigenvalue weighted by Crippen LogP contribution is -2.38. The van der Waals surface area contributed by atoms with Gasteiger partial charge in [-0.1, -0.05) is 6.08 Å². The first-order chi connectivity index (χ1) is 10.9. The molecule has 0 aliphatic carbocycles. The Bertz CT molecular complexity index is 608. The number of ether oxygens (including phenoxy) is 3. The highest BCUT2D eigenvalue weighted by Crippen LogP contribution is 2.46. The molecule has 0 saturated carbocycles. The summed E-state index contributed by atoms with van der Waals surface area (Å²) in [5.74, 6) is 0.898. The van der Waals surface area contributed by atoms with Crippen LogP contribution >= 0.6 is 0 Å². The third-order valence-corrected chi connectivity index (χ3v) is 3.87. The summed E-state index contributed by atoms with van der Waals surface area (Å²) >= 11 is 0. The van der Waals surface area contributed by atoms with Gasteiger partial charge in [-0.2, -0.15) is 0 Å². The van der Waals surface area contributed by atoms with E-state index in [-0.39, 0.29) is 5.97 Å². The molecule has 0 unspecified atom stereocenters. The molecule has 0 saturated heterocycles. The number of benzene rings is 1. The van der Waals surface area contributed by atoms with Crippen LogP contribution in [-0.2, 0) is 9.53 Å². The van der Waals surface area contributed by atoms with Gasteiger partial charge < -0.3 is 19.3 Å². The quantitative estimate of drug-likeness (QED) is 0.667. The van der Waals surface area contributed by atoms with Crippen molar-refractivity contribution < 1.29 is 24.1 Å². The van der Waals surface area contributed by atoms with Gasteiger partial charge in [0.15, 0.2) is 0 Å². The van der Waals surface area contributed by atoms with Crippen molar-refractivity contribution >= 4 is 5.97 Å². The van der Waals surface area contributed by atoms with E-state index in [4.69, 9.17) is 14.2 Å². The maximum absolute atomic E-state index is 11.4. The number of hydrogen-bond acceptors (Lipinski definition) is 5. The number of carbonyl (C=O) groups is 1. The SMILES string of the molecule is CCOC(=O)/C=C/C[C@]1(C)C[C@H](O)c2c(OC)cc(C)cc2O1. The van der Waals surface area contributed by atoms with E-state index in [1.807, 2.05) is 26.0 Å². The van der Waals surface area contributed by atoms with Gasteiger partial charge in [0.1, 0.15) is 17.1 Å². The van der Waals surface area contributed by atoms with E-state index in [0.29, 0.717) is 36.5 Å². The van der Waals surface area contributed by atoms with Gasteiger partial charge >= 0.3 is 5.97 Å². The summed E-state index contributed by atoms with van der Waals surface area (Å²) in [4.78, 5) is 11.4. The van der Waals surface area contributed by atoms with Crippen molar-refractivity contribution in [2.45, 2.75) is 45.3 Å². The van der Waals surface area contributed by atoms with Crippen LogP contribution in [0, 0.1) is 6.92 Å². The minimum atomic E-state index is -0.671. The van der Waals surface area contributed by atoms with Gasteiger partial charge in [-0.25, -0.2) is 4.79 Å². The molecule has 5 heteroatoms. The molecule has 126 valence electrons. The lowest BCUT2D eigenvalue weighted by molar-refractivity contribution is -0.137. The summed E-state index contributed by atoms with van der Waals surface area (Å²) in [5, 5.41) is 10.5. The van der Waals surface area contributed by atoms with Gasteiger partial charge in [0.05, 0.1) is 25.4 Å². The summed E-state index contributed by atoms with van der Waals surface area (Å²) in [5.41, 5.74) is 1.10. The van der Waals surface area contributed by atoms with E-state index >= 15 is 0 Å². The van der Waals surface area contributed by atoms with Crippen LogP contribution in [-0.4, -0.2) is 30.4 Å². The van der Waals surface area contributed by atoms with E-state index in [9.17, 15) is 9.90 Å². The number of carbonyl (C=O) groups excluding carboxylic acids is 1.